The predicted molar refractivity (Wildman–Crippen MR) is 63.7 cm³/mol. The van der Waals surface area contributed by atoms with Crippen molar-refractivity contribution < 1.29 is 22.7 Å². The molecule has 0 saturated carbocycles. The fraction of sp³-hybridized carbons (Fsp3) is 0.0769. The maximum absolute atomic E-state index is 12.3. The highest BCUT2D eigenvalue weighted by molar-refractivity contribution is 5.76. The highest BCUT2D eigenvalue weighted by Gasteiger charge is 2.34. The Morgan fingerprint density at radius 1 is 1.24 bits per heavy atom. The van der Waals surface area contributed by atoms with Crippen LogP contribution in [0.2, 0.25) is 0 Å². The molecule has 1 heterocycles. The lowest BCUT2D eigenvalue weighted by molar-refractivity contribution is -0.145. The van der Waals surface area contributed by atoms with E-state index in [0.29, 0.717) is 6.29 Å². The van der Waals surface area contributed by atoms with E-state index in [4.69, 9.17) is 10.00 Å². The summed E-state index contributed by atoms with van der Waals surface area (Å²) in [7, 11) is 0. The Morgan fingerprint density at radius 2 is 1.90 bits per heavy atom. The Balaban J connectivity index is 2.26. The van der Waals surface area contributed by atoms with Crippen LogP contribution in [0, 0.1) is 11.3 Å². The van der Waals surface area contributed by atoms with Crippen molar-refractivity contribution in [1.82, 2.24) is 9.97 Å². The summed E-state index contributed by atoms with van der Waals surface area (Å²) in [6.45, 7) is 0. The minimum absolute atomic E-state index is 0.0571. The topological polar surface area (TPSA) is 75.9 Å². The summed E-state index contributed by atoms with van der Waals surface area (Å²) in [5.41, 5.74) is 0.349. The smallest absolute Gasteiger partial charge is 0.451 e. The second kappa shape index (κ2) is 5.58. The van der Waals surface area contributed by atoms with Crippen LogP contribution in [0.4, 0.5) is 13.2 Å². The second-order valence-corrected chi connectivity index (χ2v) is 3.83. The quantitative estimate of drug-likeness (QED) is 0.813. The second-order valence-electron chi connectivity index (χ2n) is 3.83. The molecule has 0 atom stereocenters. The van der Waals surface area contributed by atoms with Gasteiger partial charge in [0.25, 0.3) is 0 Å². The molecule has 106 valence electrons. The summed E-state index contributed by atoms with van der Waals surface area (Å²) in [6.07, 6.45) is -2.37. The number of carbonyl (C=O) groups excluding carboxylic acids is 1. The molecule has 21 heavy (non-hydrogen) atoms. The fourth-order valence-electron chi connectivity index (χ4n) is 1.44. The number of benzene rings is 1. The summed E-state index contributed by atoms with van der Waals surface area (Å²) < 4.78 is 42.2. The number of hydrogen-bond donors (Lipinski definition) is 0. The van der Waals surface area contributed by atoms with Crippen molar-refractivity contribution in [3.8, 4) is 17.6 Å². The van der Waals surface area contributed by atoms with E-state index in [2.05, 4.69) is 9.97 Å². The van der Waals surface area contributed by atoms with Gasteiger partial charge in [0.2, 0.25) is 5.82 Å². The van der Waals surface area contributed by atoms with E-state index in [-0.39, 0.29) is 22.6 Å². The van der Waals surface area contributed by atoms with Gasteiger partial charge >= 0.3 is 6.18 Å². The number of nitriles is 1. The molecule has 1 aromatic heterocycles. The number of nitrogens with zero attached hydrogens (tertiary/aromatic N) is 3. The van der Waals surface area contributed by atoms with Crippen LogP contribution in [-0.2, 0) is 6.18 Å². The molecule has 1 aromatic carbocycles. The molecule has 0 spiro atoms. The van der Waals surface area contributed by atoms with Crippen LogP contribution in [0.1, 0.15) is 21.7 Å². The first-order valence-electron chi connectivity index (χ1n) is 5.50. The molecular formula is C13H6F3N3O2. The number of hydrogen-bond acceptors (Lipinski definition) is 5. The molecule has 0 aliphatic carbocycles. The van der Waals surface area contributed by atoms with E-state index in [1.54, 1.807) is 0 Å². The van der Waals surface area contributed by atoms with Crippen molar-refractivity contribution in [2.45, 2.75) is 6.18 Å². The van der Waals surface area contributed by atoms with E-state index in [0.717, 1.165) is 12.4 Å². The summed E-state index contributed by atoms with van der Waals surface area (Å²) in [5, 5.41) is 8.94. The van der Waals surface area contributed by atoms with Gasteiger partial charge in [-0.1, -0.05) is 0 Å². The monoisotopic (exact) mass is 293 g/mol. The van der Waals surface area contributed by atoms with Crippen molar-refractivity contribution in [1.29, 1.82) is 5.26 Å². The summed E-state index contributed by atoms with van der Waals surface area (Å²) in [4.78, 5) is 16.9. The van der Waals surface area contributed by atoms with Gasteiger partial charge in [0.1, 0.15) is 18.1 Å². The Labute approximate surface area is 116 Å². The van der Waals surface area contributed by atoms with Gasteiger partial charge in [-0.05, 0) is 18.2 Å². The van der Waals surface area contributed by atoms with Gasteiger partial charge in [0.05, 0.1) is 18.0 Å². The van der Waals surface area contributed by atoms with Crippen molar-refractivity contribution >= 4 is 6.29 Å². The number of halogens is 3. The Morgan fingerprint density at radius 3 is 2.43 bits per heavy atom. The number of aromatic nitrogens is 2. The van der Waals surface area contributed by atoms with E-state index in [1.165, 1.54) is 18.2 Å². The molecule has 0 aliphatic rings. The van der Waals surface area contributed by atoms with E-state index >= 15 is 0 Å². The van der Waals surface area contributed by atoms with Crippen LogP contribution < -0.4 is 4.74 Å². The largest absolute Gasteiger partial charge is 0.453 e. The molecule has 0 saturated heterocycles. The Bertz CT molecular complexity index is 706. The lowest BCUT2D eigenvalue weighted by Crippen LogP contribution is -2.10. The number of aldehydes is 1. The Kier molecular flexibility index (Phi) is 3.84. The molecule has 5 nitrogen and oxygen atoms in total. The van der Waals surface area contributed by atoms with Crippen LogP contribution in [0.5, 0.6) is 11.5 Å². The molecule has 0 fully saturated rings. The number of rotatable bonds is 3. The fourth-order valence-corrected chi connectivity index (χ4v) is 1.44. The molecule has 2 rings (SSSR count). The lowest BCUT2D eigenvalue weighted by atomic mass is 10.1. The Hall–Kier alpha value is -2.95. The zero-order valence-corrected chi connectivity index (χ0v) is 10.3. The van der Waals surface area contributed by atoms with Crippen molar-refractivity contribution in [3.63, 3.8) is 0 Å². The predicted octanol–water partition coefficient (Wildman–Crippen LogP) is 2.97. The number of carbonyl (C=O) groups is 1. The highest BCUT2D eigenvalue weighted by Crippen LogP contribution is 2.28. The van der Waals surface area contributed by atoms with E-state index in [1.807, 2.05) is 6.07 Å². The van der Waals surface area contributed by atoms with Crippen molar-refractivity contribution in [2.75, 3.05) is 0 Å². The number of ether oxygens (including phenoxy) is 1. The molecule has 0 aliphatic heterocycles. The van der Waals surface area contributed by atoms with E-state index in [9.17, 15) is 18.0 Å². The molecule has 0 radical (unpaired) electrons. The average molecular weight is 293 g/mol. The van der Waals surface area contributed by atoms with Crippen LogP contribution in [0.3, 0.4) is 0 Å². The average Bonchev–Trinajstić information content (AvgIpc) is 2.47. The van der Waals surface area contributed by atoms with Crippen LogP contribution in [-0.4, -0.2) is 16.3 Å². The van der Waals surface area contributed by atoms with Crippen molar-refractivity contribution in [2.24, 2.45) is 0 Å². The minimum Gasteiger partial charge on any atom is -0.453 e. The third-order valence-electron chi connectivity index (χ3n) is 2.37. The highest BCUT2D eigenvalue weighted by atomic mass is 19.4. The third kappa shape index (κ3) is 3.33. The third-order valence-corrected chi connectivity index (χ3v) is 2.37. The first-order chi connectivity index (χ1) is 9.94. The molecule has 0 unspecified atom stereocenters. The van der Waals surface area contributed by atoms with Crippen molar-refractivity contribution in [3.05, 3.63) is 47.5 Å². The van der Waals surface area contributed by atoms with Gasteiger partial charge in [0, 0.05) is 5.56 Å². The maximum atomic E-state index is 12.3. The zero-order valence-electron chi connectivity index (χ0n) is 10.3. The SMILES string of the molecule is N#Cc1cc(C=O)ccc1Oc1cnc(C(F)(F)F)nc1. The van der Waals surface area contributed by atoms with E-state index < -0.39 is 12.0 Å². The molecule has 0 amide bonds. The first-order valence-corrected chi connectivity index (χ1v) is 5.50. The maximum Gasteiger partial charge on any atom is 0.451 e. The van der Waals surface area contributed by atoms with Gasteiger partial charge in [-0.3, -0.25) is 4.79 Å². The normalized spacial score (nSPS) is 10.8. The standard InChI is InChI=1S/C13H6F3N3O2/c14-13(15,16)12-18-5-10(6-19-12)21-11-2-1-8(7-20)3-9(11)4-17/h1-3,5-7H. The lowest BCUT2D eigenvalue weighted by Gasteiger charge is -2.08. The molecule has 8 heteroatoms. The van der Waals surface area contributed by atoms with Gasteiger partial charge in [-0.2, -0.15) is 18.4 Å². The van der Waals surface area contributed by atoms with Gasteiger partial charge in [-0.25, -0.2) is 9.97 Å². The molecule has 0 N–H and O–H groups in total. The molecular weight excluding hydrogens is 287 g/mol. The summed E-state index contributed by atoms with van der Waals surface area (Å²) in [6, 6.07) is 5.89. The molecule has 2 aromatic rings. The summed E-state index contributed by atoms with van der Waals surface area (Å²) >= 11 is 0. The zero-order chi connectivity index (χ0) is 15.5. The first kappa shape index (κ1) is 14.5. The van der Waals surface area contributed by atoms with Crippen LogP contribution >= 0.6 is 0 Å². The van der Waals surface area contributed by atoms with Gasteiger partial charge in [0.15, 0.2) is 5.75 Å². The minimum atomic E-state index is -4.64. The molecule has 0 bridgehead atoms. The van der Waals surface area contributed by atoms with Crippen LogP contribution in [0.15, 0.2) is 30.6 Å². The van der Waals surface area contributed by atoms with Crippen LogP contribution in [0.25, 0.3) is 0 Å². The summed E-state index contributed by atoms with van der Waals surface area (Å²) in [5.74, 6) is -1.25. The van der Waals surface area contributed by atoms with Gasteiger partial charge < -0.3 is 4.74 Å². The van der Waals surface area contributed by atoms with Gasteiger partial charge in [-0.15, -0.1) is 0 Å². The number of alkyl halides is 3.